The lowest BCUT2D eigenvalue weighted by Crippen LogP contribution is -2.10. The number of hydrogen-bond donors (Lipinski definition) is 0. The van der Waals surface area contributed by atoms with Crippen molar-refractivity contribution < 1.29 is 13.2 Å². The van der Waals surface area contributed by atoms with Gasteiger partial charge < -0.3 is 0 Å². The highest BCUT2D eigenvalue weighted by atomic mass is 127. The monoisotopic (exact) mass is 280 g/mol. The molecule has 0 amide bonds. The molecule has 1 atom stereocenters. The summed E-state index contributed by atoms with van der Waals surface area (Å²) in [4.78, 5) is 0. The Labute approximate surface area is 78.7 Å². The zero-order valence-electron chi connectivity index (χ0n) is 6.42. The Morgan fingerprint density at radius 2 is 1.82 bits per heavy atom. The second-order valence-electron chi connectivity index (χ2n) is 2.54. The van der Waals surface area contributed by atoms with Crippen LogP contribution in [0.2, 0.25) is 0 Å². The van der Waals surface area contributed by atoms with E-state index in [1.807, 2.05) is 6.92 Å². The lowest BCUT2D eigenvalue weighted by molar-refractivity contribution is -0.135. The lowest BCUT2D eigenvalue weighted by Gasteiger charge is -2.09. The summed E-state index contributed by atoms with van der Waals surface area (Å²) >= 11 is 2.08. The van der Waals surface area contributed by atoms with E-state index in [1.165, 1.54) is 0 Å². The number of halogens is 4. The average molecular weight is 280 g/mol. The van der Waals surface area contributed by atoms with Gasteiger partial charge in [-0.2, -0.15) is 13.2 Å². The molecule has 0 aromatic heterocycles. The first-order valence-corrected chi connectivity index (χ1v) is 4.91. The Bertz CT molecular complexity index is 100. The quantitative estimate of drug-likeness (QED) is 0.540. The van der Waals surface area contributed by atoms with E-state index in [1.54, 1.807) is 0 Å². The van der Waals surface area contributed by atoms with Gasteiger partial charge in [-0.05, 0) is 12.8 Å². The van der Waals surface area contributed by atoms with Gasteiger partial charge in [-0.1, -0.05) is 35.9 Å². The summed E-state index contributed by atoms with van der Waals surface area (Å²) in [6, 6.07) is 0. The molecule has 0 heterocycles. The van der Waals surface area contributed by atoms with Crippen LogP contribution in [-0.2, 0) is 0 Å². The van der Waals surface area contributed by atoms with Crippen LogP contribution in [0.1, 0.15) is 32.6 Å². The van der Waals surface area contributed by atoms with Gasteiger partial charge in [0.05, 0.1) is 0 Å². The van der Waals surface area contributed by atoms with E-state index < -0.39 is 12.6 Å². The van der Waals surface area contributed by atoms with Crippen molar-refractivity contribution in [2.75, 3.05) is 0 Å². The normalized spacial score (nSPS) is 15.0. The Kier molecular flexibility index (Phi) is 5.46. The van der Waals surface area contributed by atoms with Crippen molar-refractivity contribution in [3.63, 3.8) is 0 Å². The molecule has 11 heavy (non-hydrogen) atoms. The summed E-state index contributed by atoms with van der Waals surface area (Å²) in [7, 11) is 0. The van der Waals surface area contributed by atoms with Crippen LogP contribution in [0.25, 0.3) is 0 Å². The van der Waals surface area contributed by atoms with Gasteiger partial charge in [0.15, 0.2) is 0 Å². The Morgan fingerprint density at radius 3 is 2.18 bits per heavy atom. The number of rotatable bonds is 4. The molecular weight excluding hydrogens is 268 g/mol. The molecule has 0 spiro atoms. The highest BCUT2D eigenvalue weighted by Gasteiger charge is 2.27. The molecule has 0 aromatic rings. The summed E-state index contributed by atoms with van der Waals surface area (Å²) in [5, 5.41) is 0. The van der Waals surface area contributed by atoms with Crippen LogP contribution < -0.4 is 0 Å². The third-order valence-electron chi connectivity index (χ3n) is 1.34. The SMILES string of the molecule is CCCC(I)CCC(F)(F)F. The van der Waals surface area contributed by atoms with Crippen molar-refractivity contribution >= 4 is 22.6 Å². The molecule has 0 aliphatic carbocycles. The van der Waals surface area contributed by atoms with Crippen molar-refractivity contribution in [1.82, 2.24) is 0 Å². The van der Waals surface area contributed by atoms with Crippen molar-refractivity contribution in [3.05, 3.63) is 0 Å². The van der Waals surface area contributed by atoms with E-state index >= 15 is 0 Å². The molecular formula is C7H12F3I. The van der Waals surface area contributed by atoms with Crippen LogP contribution >= 0.6 is 22.6 Å². The second kappa shape index (κ2) is 5.22. The van der Waals surface area contributed by atoms with Gasteiger partial charge in [-0.15, -0.1) is 0 Å². The standard InChI is InChI=1S/C7H12F3I/c1-2-3-6(11)4-5-7(8,9)10/h6H,2-5H2,1H3. The van der Waals surface area contributed by atoms with Gasteiger partial charge in [0, 0.05) is 10.3 Å². The van der Waals surface area contributed by atoms with Gasteiger partial charge in [0.2, 0.25) is 0 Å². The lowest BCUT2D eigenvalue weighted by atomic mass is 10.1. The van der Waals surface area contributed by atoms with Gasteiger partial charge in [-0.3, -0.25) is 0 Å². The van der Waals surface area contributed by atoms with Gasteiger partial charge in [0.25, 0.3) is 0 Å². The highest BCUT2D eigenvalue weighted by Crippen LogP contribution is 2.25. The molecule has 0 fully saturated rings. The molecule has 0 aliphatic rings. The Balaban J connectivity index is 3.38. The van der Waals surface area contributed by atoms with E-state index in [0.29, 0.717) is 0 Å². The smallest absolute Gasteiger partial charge is 0.171 e. The minimum absolute atomic E-state index is 0.180. The molecule has 1 unspecified atom stereocenters. The molecule has 0 aromatic carbocycles. The molecule has 4 heteroatoms. The maximum absolute atomic E-state index is 11.7. The first-order valence-electron chi connectivity index (χ1n) is 3.66. The molecule has 0 rings (SSSR count). The summed E-state index contributed by atoms with van der Waals surface area (Å²) < 4.78 is 35.1. The average Bonchev–Trinajstić information content (AvgIpc) is 1.83. The number of alkyl halides is 4. The molecule has 0 saturated carbocycles. The fourth-order valence-corrected chi connectivity index (χ4v) is 1.71. The molecule has 0 saturated heterocycles. The van der Waals surface area contributed by atoms with Crippen LogP contribution in [0.15, 0.2) is 0 Å². The van der Waals surface area contributed by atoms with Crippen molar-refractivity contribution in [2.45, 2.75) is 42.7 Å². The second-order valence-corrected chi connectivity index (χ2v) is 4.30. The first kappa shape index (κ1) is 11.5. The fourth-order valence-electron chi connectivity index (χ4n) is 0.778. The summed E-state index contributed by atoms with van der Waals surface area (Å²) in [5.41, 5.74) is 0. The van der Waals surface area contributed by atoms with E-state index in [9.17, 15) is 13.2 Å². The highest BCUT2D eigenvalue weighted by molar-refractivity contribution is 14.1. The van der Waals surface area contributed by atoms with Crippen LogP contribution in [0, 0.1) is 0 Å². The molecule has 0 aliphatic heterocycles. The summed E-state index contributed by atoms with van der Waals surface area (Å²) in [6.07, 6.45) is -2.50. The molecule has 68 valence electrons. The predicted octanol–water partition coefficient (Wildman–Crippen LogP) is 3.93. The third kappa shape index (κ3) is 8.43. The predicted molar refractivity (Wildman–Crippen MR) is 48.0 cm³/mol. The van der Waals surface area contributed by atoms with Crippen LogP contribution in [0.5, 0.6) is 0 Å². The van der Waals surface area contributed by atoms with E-state index in [2.05, 4.69) is 22.6 Å². The largest absolute Gasteiger partial charge is 0.389 e. The Morgan fingerprint density at radius 1 is 1.27 bits per heavy atom. The summed E-state index contributed by atoms with van der Waals surface area (Å²) in [6.45, 7) is 1.99. The van der Waals surface area contributed by atoms with Gasteiger partial charge in [0.1, 0.15) is 0 Å². The van der Waals surface area contributed by atoms with E-state index in [0.717, 1.165) is 12.8 Å². The topological polar surface area (TPSA) is 0 Å². The zero-order valence-corrected chi connectivity index (χ0v) is 8.58. The molecule has 0 N–H and O–H groups in total. The fraction of sp³-hybridized carbons (Fsp3) is 1.00. The van der Waals surface area contributed by atoms with Crippen molar-refractivity contribution in [3.8, 4) is 0 Å². The van der Waals surface area contributed by atoms with Crippen LogP contribution in [0.4, 0.5) is 13.2 Å². The molecule has 0 bridgehead atoms. The van der Waals surface area contributed by atoms with Crippen LogP contribution in [0.3, 0.4) is 0 Å². The van der Waals surface area contributed by atoms with E-state index in [4.69, 9.17) is 0 Å². The minimum Gasteiger partial charge on any atom is -0.171 e. The van der Waals surface area contributed by atoms with E-state index in [-0.39, 0.29) is 10.3 Å². The Hall–Kier alpha value is 0.520. The molecule has 0 nitrogen and oxygen atoms in total. The maximum atomic E-state index is 11.7. The van der Waals surface area contributed by atoms with Gasteiger partial charge >= 0.3 is 6.18 Å². The summed E-state index contributed by atoms with van der Waals surface area (Å²) in [5.74, 6) is 0. The molecule has 0 radical (unpaired) electrons. The van der Waals surface area contributed by atoms with Crippen molar-refractivity contribution in [2.24, 2.45) is 0 Å². The third-order valence-corrected chi connectivity index (χ3v) is 2.59. The number of hydrogen-bond acceptors (Lipinski definition) is 0. The first-order chi connectivity index (χ1) is 4.95. The van der Waals surface area contributed by atoms with Crippen molar-refractivity contribution in [1.29, 1.82) is 0 Å². The maximum Gasteiger partial charge on any atom is 0.389 e. The van der Waals surface area contributed by atoms with Gasteiger partial charge in [-0.25, -0.2) is 0 Å². The van der Waals surface area contributed by atoms with Crippen LogP contribution in [-0.4, -0.2) is 10.1 Å². The zero-order chi connectivity index (χ0) is 8.91. The minimum atomic E-state index is -3.98.